The fourth-order valence-corrected chi connectivity index (χ4v) is 1.99. The van der Waals surface area contributed by atoms with E-state index in [9.17, 15) is 9.59 Å². The number of rotatable bonds is 4. The lowest BCUT2D eigenvalue weighted by Crippen LogP contribution is -2.49. The van der Waals surface area contributed by atoms with Gasteiger partial charge in [-0.05, 0) is 38.8 Å². The van der Waals surface area contributed by atoms with Crippen molar-refractivity contribution in [2.75, 3.05) is 7.05 Å². The minimum atomic E-state index is -0.860. The second-order valence-electron chi connectivity index (χ2n) is 6.21. The number of nitrogens with zero attached hydrogens (tertiary/aromatic N) is 1. The third-order valence-electron chi connectivity index (χ3n) is 3.24. The van der Waals surface area contributed by atoms with Crippen LogP contribution in [0, 0.1) is 6.92 Å². The normalized spacial score (nSPS) is 12.5. The number of hydrogen-bond acceptors (Lipinski definition) is 4. The summed E-state index contributed by atoms with van der Waals surface area (Å²) in [5.41, 5.74) is 2.89. The number of aryl methyl sites for hydroxylation is 1. The van der Waals surface area contributed by atoms with Crippen molar-refractivity contribution in [3.05, 3.63) is 35.4 Å². The molecule has 122 valence electrons. The second-order valence-corrected chi connectivity index (χ2v) is 6.21. The summed E-state index contributed by atoms with van der Waals surface area (Å²) >= 11 is 0. The van der Waals surface area contributed by atoms with E-state index in [2.05, 4.69) is 0 Å². The predicted molar refractivity (Wildman–Crippen MR) is 82.6 cm³/mol. The molecule has 0 aliphatic heterocycles. The van der Waals surface area contributed by atoms with Crippen LogP contribution in [0.25, 0.3) is 0 Å². The number of hydrogen-bond donors (Lipinski definition) is 2. The first kappa shape index (κ1) is 18.0. The largest absolute Gasteiger partial charge is 0.444 e. The molecule has 2 N–H and O–H groups in total. The molecule has 1 aromatic carbocycles. The standard InChI is InChI=1S/C16H24N2O4/c1-11-8-6-7-9-12(11)10-13(14(19)17-21)18(5)15(20)22-16(2,3)4/h6-9,13,21H,10H2,1-5H3,(H,17,19)/t13-/m0/s1. The van der Waals surface area contributed by atoms with Gasteiger partial charge in [-0.1, -0.05) is 24.3 Å². The summed E-state index contributed by atoms with van der Waals surface area (Å²) in [6.45, 7) is 7.18. The highest BCUT2D eigenvalue weighted by molar-refractivity contribution is 5.85. The molecule has 0 spiro atoms. The van der Waals surface area contributed by atoms with Gasteiger partial charge in [0.1, 0.15) is 11.6 Å². The summed E-state index contributed by atoms with van der Waals surface area (Å²) < 4.78 is 5.27. The van der Waals surface area contributed by atoms with Crippen LogP contribution in [-0.2, 0) is 16.0 Å². The van der Waals surface area contributed by atoms with E-state index >= 15 is 0 Å². The molecule has 0 radical (unpaired) electrons. The van der Waals surface area contributed by atoms with Crippen LogP contribution in [0.4, 0.5) is 4.79 Å². The highest BCUT2D eigenvalue weighted by Crippen LogP contribution is 2.16. The van der Waals surface area contributed by atoms with E-state index < -0.39 is 23.6 Å². The van der Waals surface area contributed by atoms with E-state index in [1.54, 1.807) is 26.3 Å². The highest BCUT2D eigenvalue weighted by Gasteiger charge is 2.30. The number of nitrogens with one attached hydrogen (secondary N) is 1. The highest BCUT2D eigenvalue weighted by atomic mass is 16.6. The van der Waals surface area contributed by atoms with Crippen LogP contribution in [0.15, 0.2) is 24.3 Å². The van der Waals surface area contributed by atoms with Crippen molar-refractivity contribution in [3.8, 4) is 0 Å². The predicted octanol–water partition coefficient (Wildman–Crippen LogP) is 2.28. The van der Waals surface area contributed by atoms with Gasteiger partial charge >= 0.3 is 6.09 Å². The zero-order chi connectivity index (χ0) is 16.9. The monoisotopic (exact) mass is 308 g/mol. The Morgan fingerprint density at radius 2 is 1.91 bits per heavy atom. The van der Waals surface area contributed by atoms with Crippen LogP contribution in [0.1, 0.15) is 31.9 Å². The summed E-state index contributed by atoms with van der Waals surface area (Å²) in [6.07, 6.45) is -0.330. The maximum atomic E-state index is 12.1. The molecule has 1 aromatic rings. The fourth-order valence-electron chi connectivity index (χ4n) is 1.99. The molecular weight excluding hydrogens is 284 g/mol. The molecular formula is C16H24N2O4. The van der Waals surface area contributed by atoms with Crippen molar-refractivity contribution in [2.45, 2.75) is 45.8 Å². The first-order valence-corrected chi connectivity index (χ1v) is 7.10. The summed E-state index contributed by atoms with van der Waals surface area (Å²) in [5, 5.41) is 8.94. The number of likely N-dealkylation sites (N-methyl/N-ethyl adjacent to an activating group) is 1. The van der Waals surface area contributed by atoms with Gasteiger partial charge in [-0.25, -0.2) is 10.3 Å². The number of carbonyl (C=O) groups excluding carboxylic acids is 2. The van der Waals surface area contributed by atoms with Crippen LogP contribution < -0.4 is 5.48 Å². The summed E-state index contributed by atoms with van der Waals surface area (Å²) in [7, 11) is 1.48. The molecule has 6 nitrogen and oxygen atoms in total. The molecule has 0 saturated heterocycles. The molecule has 0 aliphatic carbocycles. The lowest BCUT2D eigenvalue weighted by molar-refractivity contribution is -0.134. The van der Waals surface area contributed by atoms with E-state index in [1.165, 1.54) is 11.9 Å². The minimum absolute atomic E-state index is 0.287. The third kappa shape index (κ3) is 5.04. The Hall–Kier alpha value is -2.08. The molecule has 0 heterocycles. The molecule has 0 aliphatic rings. The molecule has 1 rings (SSSR count). The summed E-state index contributed by atoms with van der Waals surface area (Å²) in [6, 6.07) is 6.72. The Bertz CT molecular complexity index is 537. The van der Waals surface area contributed by atoms with Crippen LogP contribution in [0.5, 0.6) is 0 Å². The molecule has 1 atom stereocenters. The fraction of sp³-hybridized carbons (Fsp3) is 0.500. The summed E-state index contributed by atoms with van der Waals surface area (Å²) in [5.74, 6) is -0.656. The van der Waals surface area contributed by atoms with Crippen molar-refractivity contribution in [3.63, 3.8) is 0 Å². The first-order chi connectivity index (χ1) is 10.2. The topological polar surface area (TPSA) is 78.9 Å². The SMILES string of the molecule is Cc1ccccc1C[C@@H](C(=O)NO)N(C)C(=O)OC(C)(C)C. The average molecular weight is 308 g/mol. The number of hydroxylamine groups is 1. The zero-order valence-electron chi connectivity index (χ0n) is 13.7. The average Bonchev–Trinajstić information content (AvgIpc) is 2.43. The molecule has 6 heteroatoms. The number of benzene rings is 1. The van der Waals surface area contributed by atoms with Gasteiger partial charge < -0.3 is 4.74 Å². The maximum Gasteiger partial charge on any atom is 0.410 e. The molecule has 0 bridgehead atoms. The van der Waals surface area contributed by atoms with E-state index in [-0.39, 0.29) is 6.42 Å². The van der Waals surface area contributed by atoms with E-state index in [0.717, 1.165) is 11.1 Å². The van der Waals surface area contributed by atoms with Crippen molar-refractivity contribution in [1.82, 2.24) is 10.4 Å². The van der Waals surface area contributed by atoms with Gasteiger partial charge in [0, 0.05) is 13.5 Å². The van der Waals surface area contributed by atoms with E-state index in [0.29, 0.717) is 0 Å². The van der Waals surface area contributed by atoms with Gasteiger partial charge in [0.05, 0.1) is 0 Å². The van der Waals surface area contributed by atoms with Gasteiger partial charge in [-0.2, -0.15) is 0 Å². The number of ether oxygens (including phenoxy) is 1. The molecule has 0 unspecified atom stereocenters. The number of carbonyl (C=O) groups is 2. The van der Waals surface area contributed by atoms with Gasteiger partial charge in [0.25, 0.3) is 5.91 Å². The second kappa shape index (κ2) is 7.26. The van der Waals surface area contributed by atoms with Crippen molar-refractivity contribution in [2.24, 2.45) is 0 Å². The summed E-state index contributed by atoms with van der Waals surface area (Å²) in [4.78, 5) is 25.3. The third-order valence-corrected chi connectivity index (χ3v) is 3.24. The van der Waals surface area contributed by atoms with Gasteiger partial charge in [0.15, 0.2) is 0 Å². The smallest absolute Gasteiger partial charge is 0.410 e. The Labute approximate surface area is 131 Å². The Balaban J connectivity index is 2.96. The van der Waals surface area contributed by atoms with E-state index in [4.69, 9.17) is 9.94 Å². The maximum absolute atomic E-state index is 12.1. The quantitative estimate of drug-likeness (QED) is 0.660. The van der Waals surface area contributed by atoms with Crippen molar-refractivity contribution in [1.29, 1.82) is 0 Å². The van der Waals surface area contributed by atoms with Crippen LogP contribution >= 0.6 is 0 Å². The van der Waals surface area contributed by atoms with E-state index in [1.807, 2.05) is 31.2 Å². The lowest BCUT2D eigenvalue weighted by Gasteiger charge is -2.29. The molecule has 0 saturated carbocycles. The molecule has 2 amide bonds. The molecule has 0 fully saturated rings. The Kier molecular flexibility index (Phi) is 5.93. The van der Waals surface area contributed by atoms with Crippen LogP contribution in [0.2, 0.25) is 0 Å². The lowest BCUT2D eigenvalue weighted by atomic mass is 10.00. The van der Waals surface area contributed by atoms with Crippen LogP contribution in [0.3, 0.4) is 0 Å². The minimum Gasteiger partial charge on any atom is -0.444 e. The molecule has 22 heavy (non-hydrogen) atoms. The zero-order valence-corrected chi connectivity index (χ0v) is 13.7. The Morgan fingerprint density at radius 1 is 1.32 bits per heavy atom. The number of amides is 2. The van der Waals surface area contributed by atoms with Crippen LogP contribution in [-0.4, -0.2) is 40.8 Å². The molecule has 0 aromatic heterocycles. The van der Waals surface area contributed by atoms with Gasteiger partial charge in [0.2, 0.25) is 0 Å². The Morgan fingerprint density at radius 3 is 2.41 bits per heavy atom. The van der Waals surface area contributed by atoms with Gasteiger partial charge in [-0.3, -0.25) is 14.9 Å². The van der Waals surface area contributed by atoms with Crippen molar-refractivity contribution >= 4 is 12.0 Å². The van der Waals surface area contributed by atoms with Crippen molar-refractivity contribution < 1.29 is 19.5 Å². The van der Waals surface area contributed by atoms with Gasteiger partial charge in [-0.15, -0.1) is 0 Å². The first-order valence-electron chi connectivity index (χ1n) is 7.10.